The largest absolute Gasteiger partial charge is 0.508 e. The third kappa shape index (κ3) is 6.42. The summed E-state index contributed by atoms with van der Waals surface area (Å²) < 4.78 is 5.88. The first-order valence-electron chi connectivity index (χ1n) is 13.2. The molecule has 38 heavy (non-hydrogen) atoms. The van der Waals surface area contributed by atoms with E-state index in [9.17, 15) is 25.2 Å². The maximum absolute atomic E-state index is 13.4. The lowest BCUT2D eigenvalue weighted by Crippen LogP contribution is -2.44. The number of likely N-dealkylation sites (tertiary alicyclic amines) is 1. The van der Waals surface area contributed by atoms with Gasteiger partial charge in [0.15, 0.2) is 0 Å². The van der Waals surface area contributed by atoms with Gasteiger partial charge in [0.05, 0.1) is 12.7 Å². The fourth-order valence-electron chi connectivity index (χ4n) is 4.98. The molecule has 0 aromatic heterocycles. The second kappa shape index (κ2) is 12.5. The third-order valence-electron chi connectivity index (χ3n) is 7.38. The molecule has 4 rings (SSSR count). The topological polar surface area (TPSA) is 110 Å². The predicted molar refractivity (Wildman–Crippen MR) is 144 cm³/mol. The van der Waals surface area contributed by atoms with Gasteiger partial charge >= 0.3 is 5.97 Å². The number of benzene rings is 3. The number of phenols is 1. The number of aromatic hydroxyl groups is 1. The average Bonchev–Trinajstić information content (AvgIpc) is 2.94. The highest BCUT2D eigenvalue weighted by atomic mass is 16.6. The van der Waals surface area contributed by atoms with Crippen molar-refractivity contribution >= 4 is 5.97 Å². The lowest BCUT2D eigenvalue weighted by Gasteiger charge is -2.34. The molecule has 1 aliphatic rings. The Hall–Kier alpha value is -3.23. The highest BCUT2D eigenvalue weighted by molar-refractivity contribution is 5.85. The summed E-state index contributed by atoms with van der Waals surface area (Å²) in [4.78, 5) is 15.7. The predicted octanol–water partition coefficient (Wildman–Crippen LogP) is 3.95. The summed E-state index contributed by atoms with van der Waals surface area (Å²) in [6.45, 7) is 4.00. The van der Waals surface area contributed by atoms with E-state index in [1.54, 1.807) is 48.5 Å². The number of esters is 1. The Balaban J connectivity index is 1.30. The lowest BCUT2D eigenvalue weighted by atomic mass is 9.86. The Morgan fingerprint density at radius 3 is 2.34 bits per heavy atom. The molecule has 0 bridgehead atoms. The highest BCUT2D eigenvalue weighted by Crippen LogP contribution is 2.33. The van der Waals surface area contributed by atoms with E-state index in [0.717, 1.165) is 31.6 Å². The van der Waals surface area contributed by atoms with Gasteiger partial charge in [-0.2, -0.15) is 0 Å². The Labute approximate surface area is 223 Å². The number of hydrogen-bond acceptors (Lipinski definition) is 7. The van der Waals surface area contributed by atoms with Gasteiger partial charge < -0.3 is 30.1 Å². The van der Waals surface area contributed by atoms with Crippen LogP contribution >= 0.6 is 0 Å². The van der Waals surface area contributed by atoms with Crippen molar-refractivity contribution in [3.8, 4) is 5.75 Å². The van der Waals surface area contributed by atoms with E-state index in [0.29, 0.717) is 41.5 Å². The molecular weight excluding hydrogens is 482 g/mol. The van der Waals surface area contributed by atoms with E-state index in [2.05, 4.69) is 4.90 Å². The summed E-state index contributed by atoms with van der Waals surface area (Å²) in [6, 6.07) is 21.0. The number of rotatable bonds is 10. The fraction of sp³-hybridized carbons (Fsp3) is 0.387. The lowest BCUT2D eigenvalue weighted by molar-refractivity contribution is -0.170. The van der Waals surface area contributed by atoms with Crippen LogP contribution in [0, 0.1) is 6.92 Å². The smallest absolute Gasteiger partial charge is 0.347 e. The quantitative estimate of drug-likeness (QED) is 0.300. The summed E-state index contributed by atoms with van der Waals surface area (Å²) in [5.74, 6) is -0.640. The standard InChI is InChI=1S/C31H37NO6/c1-22-9-12-26(13-10-22)31(37,25-6-3-2-4-7-25)30(36)38-27-15-18-32(19-16-27)17-5-8-28(34)23-11-14-29(35)24(20-23)21-33/h2-4,6-7,9-14,20,27-28,33-35,37H,5,8,15-19,21H2,1H3. The highest BCUT2D eigenvalue weighted by Gasteiger charge is 2.43. The molecule has 0 radical (unpaired) electrons. The number of aliphatic hydroxyl groups is 3. The van der Waals surface area contributed by atoms with E-state index in [4.69, 9.17) is 4.74 Å². The van der Waals surface area contributed by atoms with Crippen molar-refractivity contribution < 1.29 is 30.0 Å². The average molecular weight is 520 g/mol. The molecule has 202 valence electrons. The molecule has 3 aromatic rings. The monoisotopic (exact) mass is 519 g/mol. The number of carbonyl (C=O) groups excluding carboxylic acids is 1. The number of piperidine rings is 1. The van der Waals surface area contributed by atoms with Gasteiger partial charge in [-0.05, 0) is 68.0 Å². The molecule has 1 saturated heterocycles. The Morgan fingerprint density at radius 1 is 1.03 bits per heavy atom. The molecular formula is C31H37NO6. The van der Waals surface area contributed by atoms with Gasteiger partial charge in [-0.3, -0.25) is 0 Å². The molecule has 1 heterocycles. The van der Waals surface area contributed by atoms with Crippen molar-refractivity contribution in [2.75, 3.05) is 19.6 Å². The summed E-state index contributed by atoms with van der Waals surface area (Å²) >= 11 is 0. The number of nitrogens with zero attached hydrogens (tertiary/aromatic N) is 1. The van der Waals surface area contributed by atoms with E-state index in [1.165, 1.54) is 6.07 Å². The summed E-state index contributed by atoms with van der Waals surface area (Å²) in [5.41, 5.74) is 1.19. The van der Waals surface area contributed by atoms with Crippen LogP contribution in [-0.4, -0.2) is 57.0 Å². The summed E-state index contributed by atoms with van der Waals surface area (Å²) in [5, 5.41) is 41.2. The van der Waals surface area contributed by atoms with Crippen LogP contribution in [0.4, 0.5) is 0 Å². The van der Waals surface area contributed by atoms with Crippen LogP contribution in [0.5, 0.6) is 5.75 Å². The molecule has 1 aliphatic heterocycles. The minimum absolute atomic E-state index is 0.0214. The first kappa shape index (κ1) is 27.8. The normalized spacial score (nSPS) is 17.1. The van der Waals surface area contributed by atoms with Crippen LogP contribution in [0.25, 0.3) is 0 Å². The van der Waals surface area contributed by atoms with Crippen LogP contribution in [0.15, 0.2) is 72.8 Å². The molecule has 7 heteroatoms. The molecule has 2 unspecified atom stereocenters. The number of hydrogen-bond donors (Lipinski definition) is 4. The Morgan fingerprint density at radius 2 is 1.68 bits per heavy atom. The molecule has 0 saturated carbocycles. The molecule has 7 nitrogen and oxygen atoms in total. The zero-order valence-corrected chi connectivity index (χ0v) is 21.8. The minimum Gasteiger partial charge on any atom is -0.508 e. The van der Waals surface area contributed by atoms with Crippen LogP contribution in [0.2, 0.25) is 0 Å². The van der Waals surface area contributed by atoms with E-state index >= 15 is 0 Å². The van der Waals surface area contributed by atoms with E-state index < -0.39 is 17.7 Å². The molecule has 2 atom stereocenters. The number of carbonyl (C=O) groups is 1. The maximum atomic E-state index is 13.4. The second-order valence-corrected chi connectivity index (χ2v) is 10.1. The Kier molecular flexibility index (Phi) is 9.17. The third-order valence-corrected chi connectivity index (χ3v) is 7.38. The second-order valence-electron chi connectivity index (χ2n) is 10.1. The maximum Gasteiger partial charge on any atom is 0.347 e. The van der Waals surface area contributed by atoms with Gasteiger partial charge in [-0.15, -0.1) is 0 Å². The van der Waals surface area contributed by atoms with Crippen molar-refractivity contribution in [1.82, 2.24) is 4.90 Å². The number of aliphatic hydroxyl groups excluding tert-OH is 2. The van der Waals surface area contributed by atoms with Gasteiger partial charge in [0.25, 0.3) is 0 Å². The van der Waals surface area contributed by atoms with Gasteiger partial charge in [0.2, 0.25) is 5.60 Å². The van der Waals surface area contributed by atoms with Crippen molar-refractivity contribution in [3.05, 3.63) is 101 Å². The molecule has 4 N–H and O–H groups in total. The van der Waals surface area contributed by atoms with E-state index in [-0.39, 0.29) is 18.5 Å². The molecule has 0 spiro atoms. The van der Waals surface area contributed by atoms with Crippen LogP contribution < -0.4 is 0 Å². The zero-order valence-electron chi connectivity index (χ0n) is 21.8. The van der Waals surface area contributed by atoms with Crippen molar-refractivity contribution in [2.45, 2.75) is 57.0 Å². The minimum atomic E-state index is -1.88. The van der Waals surface area contributed by atoms with Crippen LogP contribution in [0.1, 0.15) is 59.6 Å². The number of aryl methyl sites for hydroxylation is 1. The van der Waals surface area contributed by atoms with Crippen LogP contribution in [0.3, 0.4) is 0 Å². The Bertz CT molecular complexity index is 1190. The number of ether oxygens (including phenoxy) is 1. The first-order chi connectivity index (χ1) is 18.3. The summed E-state index contributed by atoms with van der Waals surface area (Å²) in [7, 11) is 0. The van der Waals surface area contributed by atoms with Gasteiger partial charge in [-0.1, -0.05) is 66.2 Å². The molecule has 0 amide bonds. The zero-order chi connectivity index (χ0) is 27.1. The van der Waals surface area contributed by atoms with Crippen LogP contribution in [-0.2, 0) is 21.7 Å². The first-order valence-corrected chi connectivity index (χ1v) is 13.2. The van der Waals surface area contributed by atoms with Crippen molar-refractivity contribution in [2.24, 2.45) is 0 Å². The molecule has 3 aromatic carbocycles. The van der Waals surface area contributed by atoms with Crippen molar-refractivity contribution in [1.29, 1.82) is 0 Å². The van der Waals surface area contributed by atoms with E-state index in [1.807, 2.05) is 25.1 Å². The van der Waals surface area contributed by atoms with Crippen molar-refractivity contribution in [3.63, 3.8) is 0 Å². The summed E-state index contributed by atoms with van der Waals surface area (Å²) in [6.07, 6.45) is 1.74. The van der Waals surface area contributed by atoms with Gasteiger partial charge in [0, 0.05) is 18.7 Å². The molecule has 0 aliphatic carbocycles. The van der Waals surface area contributed by atoms with Gasteiger partial charge in [0.1, 0.15) is 11.9 Å². The molecule has 1 fully saturated rings. The fourth-order valence-corrected chi connectivity index (χ4v) is 4.98. The SMILES string of the molecule is Cc1ccc(C(O)(C(=O)OC2CCN(CCCC(O)c3ccc(O)c(CO)c3)CC2)c2ccccc2)cc1. The van der Waals surface area contributed by atoms with Gasteiger partial charge in [-0.25, -0.2) is 4.79 Å².